The second-order valence-electron chi connectivity index (χ2n) is 26.8. The third-order valence-electron chi connectivity index (χ3n) is 19.3. The SMILES string of the molecule is CC(=O)N[C@H]1[C@H](O[C@@H]2[C@H](O[C@]3(C(=O)O)C[C@H](O)[C@@H](NC(C)=O)[C@H]([C@H](O)[C@@H](CO)O[C@]4(C(=O)O)C[C@H](O)[C@@H](NC(=O)CO)[C@H]([C@H](O)[C@@H](CO)O[C@]5(C(=O)O)C[C@H](O)[C@@H](NC(=O)CO)[C@H]([C@H](O)[C@H](O)CO)O5)O4)O3)[C@@H](O)[C@H](O[C@H]3[C@@H](O)[C@@H](O)[C@H](O)O[C@@H]3CO)O[C@@H]2CO)O[C@H](CO)[C@H](O)[C@@H]1O[C@@H]1O[C@H](CO)[C@H](O)[C@H](O)[C@H]1O. The Morgan fingerprint density at radius 3 is 1.21 bits per heavy atom. The van der Waals surface area contributed by atoms with Crippen LogP contribution in [0.5, 0.6) is 0 Å². The largest absolute Gasteiger partial charge is 0.477 e. The number of carboxylic acid groups (broad SMARTS) is 3. The first-order valence-corrected chi connectivity index (χ1v) is 33.8. The van der Waals surface area contributed by atoms with E-state index in [1.165, 1.54) is 0 Å². The van der Waals surface area contributed by atoms with Crippen molar-refractivity contribution in [2.75, 3.05) is 59.5 Å². The van der Waals surface area contributed by atoms with Crippen LogP contribution in [0, 0.1) is 0 Å². The lowest BCUT2D eigenvalue weighted by molar-refractivity contribution is -0.403. The number of carbonyl (C=O) groups excluding carboxylic acids is 4. The van der Waals surface area contributed by atoms with E-state index in [9.17, 15) is 171 Å². The molecule has 0 aromatic heterocycles. The lowest BCUT2D eigenvalue weighted by atomic mass is 9.86. The molecule has 31 N–H and O–H groups in total. The molecule has 7 aliphatic rings. The molecule has 0 aromatic carbocycles. The van der Waals surface area contributed by atoms with Gasteiger partial charge in [0.25, 0.3) is 17.4 Å². The van der Waals surface area contributed by atoms with Gasteiger partial charge in [-0.3, -0.25) is 19.2 Å². The van der Waals surface area contributed by atoms with Crippen LogP contribution in [-0.4, -0.2) is 470 Å². The van der Waals surface area contributed by atoms with Gasteiger partial charge in [0, 0.05) is 33.1 Å². The highest BCUT2D eigenvalue weighted by Gasteiger charge is 2.65. The fourth-order valence-electron chi connectivity index (χ4n) is 13.7. The minimum Gasteiger partial charge on any atom is -0.477 e. The minimum absolute atomic E-state index is 0.773. The van der Waals surface area contributed by atoms with E-state index in [0.717, 1.165) is 13.8 Å². The maximum Gasteiger partial charge on any atom is 0.364 e. The highest BCUT2D eigenvalue weighted by molar-refractivity contribution is 5.80. The molecule has 0 aliphatic carbocycles. The van der Waals surface area contributed by atoms with E-state index in [0.29, 0.717) is 0 Å². The number of nitrogens with one attached hydrogen (secondary N) is 4. The van der Waals surface area contributed by atoms with Gasteiger partial charge in [0.15, 0.2) is 25.2 Å². The molecule has 0 unspecified atom stereocenters. The number of hydrogen-bond acceptors (Lipinski definition) is 44. The second kappa shape index (κ2) is 39.0. The van der Waals surface area contributed by atoms with Gasteiger partial charge in [0.05, 0.1) is 82.7 Å². The van der Waals surface area contributed by atoms with Crippen molar-refractivity contribution < 1.29 is 233 Å². The lowest BCUT2D eigenvalue weighted by Crippen LogP contribution is -2.73. The van der Waals surface area contributed by atoms with Crippen LogP contribution in [0.4, 0.5) is 0 Å². The minimum atomic E-state index is -3.80. The van der Waals surface area contributed by atoms with Gasteiger partial charge in [-0.25, -0.2) is 14.4 Å². The summed E-state index contributed by atoms with van der Waals surface area (Å²) in [4.78, 5) is 92.6. The van der Waals surface area contributed by atoms with Gasteiger partial charge < -0.3 is 221 Å². The summed E-state index contributed by atoms with van der Waals surface area (Å²) in [5, 5.41) is 304. The summed E-state index contributed by atoms with van der Waals surface area (Å²) in [7, 11) is 0. The fourth-order valence-corrected chi connectivity index (χ4v) is 13.7. The van der Waals surface area contributed by atoms with E-state index in [1.807, 2.05) is 10.6 Å². The van der Waals surface area contributed by atoms with Crippen LogP contribution >= 0.6 is 0 Å². The molecule has 51 heteroatoms. The Kier molecular flexibility index (Phi) is 32.6. The number of aliphatic carboxylic acids is 3. The molecule has 51 nitrogen and oxygen atoms in total. The van der Waals surface area contributed by atoms with Crippen LogP contribution in [0.15, 0.2) is 0 Å². The first kappa shape index (κ1) is 92.0. The monoisotopic (exact) mass is 1610 g/mol. The van der Waals surface area contributed by atoms with Crippen molar-refractivity contribution in [2.45, 2.75) is 265 Å². The average molecular weight is 1610 g/mol. The molecular formula is C59H96N4O47. The molecule has 110 heavy (non-hydrogen) atoms. The second-order valence-corrected chi connectivity index (χ2v) is 26.8. The Hall–Kier alpha value is -5.19. The topological polar surface area (TPSA) is 834 Å². The van der Waals surface area contributed by atoms with Gasteiger partial charge in [-0.2, -0.15) is 0 Å². The van der Waals surface area contributed by atoms with Gasteiger partial charge in [0.1, 0.15) is 166 Å². The molecule has 0 bridgehead atoms. The predicted octanol–water partition coefficient (Wildman–Crippen LogP) is -20.1. The van der Waals surface area contributed by atoms with Gasteiger partial charge >= 0.3 is 17.9 Å². The molecule has 7 aliphatic heterocycles. The Bertz CT molecular complexity index is 3050. The molecule has 634 valence electrons. The normalized spacial score (nSPS) is 42.8. The van der Waals surface area contributed by atoms with E-state index in [1.54, 1.807) is 0 Å². The smallest absolute Gasteiger partial charge is 0.364 e. The highest BCUT2D eigenvalue weighted by atomic mass is 16.8. The number of aliphatic hydroxyl groups excluding tert-OH is 24. The molecule has 7 fully saturated rings. The summed E-state index contributed by atoms with van der Waals surface area (Å²) >= 11 is 0. The quantitative estimate of drug-likeness (QED) is 0.0284. The summed E-state index contributed by atoms with van der Waals surface area (Å²) < 4.78 is 75.0. The van der Waals surface area contributed by atoms with Crippen molar-refractivity contribution in [1.29, 1.82) is 0 Å². The molecule has 0 radical (unpaired) electrons. The number of ether oxygens (including phenoxy) is 13. The van der Waals surface area contributed by atoms with Crippen molar-refractivity contribution in [3.8, 4) is 0 Å². The molecular weight excluding hydrogens is 1520 g/mol. The number of amides is 4. The van der Waals surface area contributed by atoms with Gasteiger partial charge in [-0.1, -0.05) is 0 Å². The summed E-state index contributed by atoms with van der Waals surface area (Å²) in [6, 6.07) is -8.62. The molecule has 0 saturated carbocycles. The Morgan fingerprint density at radius 2 is 0.773 bits per heavy atom. The van der Waals surface area contributed by atoms with Crippen LogP contribution in [0.25, 0.3) is 0 Å². The third kappa shape index (κ3) is 19.8. The van der Waals surface area contributed by atoms with E-state index < -0.39 is 352 Å². The van der Waals surface area contributed by atoms with E-state index in [4.69, 9.17) is 61.6 Å². The van der Waals surface area contributed by atoms with Crippen LogP contribution in [0.3, 0.4) is 0 Å². The zero-order chi connectivity index (χ0) is 82.3. The molecule has 7 rings (SSSR count). The lowest BCUT2D eigenvalue weighted by Gasteiger charge is -2.53. The van der Waals surface area contributed by atoms with Crippen LogP contribution in [0.1, 0.15) is 33.1 Å². The number of hydrogen-bond donors (Lipinski definition) is 31. The Labute approximate surface area is 618 Å². The molecule has 7 heterocycles. The highest BCUT2D eigenvalue weighted by Crippen LogP contribution is 2.44. The fraction of sp³-hybridized carbons (Fsp3) is 0.881. The zero-order valence-corrected chi connectivity index (χ0v) is 57.9. The molecule has 7 saturated heterocycles. The molecule has 0 spiro atoms. The number of carboxylic acids is 3. The summed E-state index contributed by atoms with van der Waals surface area (Å²) in [5.41, 5.74) is 0. The standard InChI is InChI=1S/C59H96N4O47/c1-15(73)60-29-17(75)5-59(56(96)97,110-49-42(90)53(102-43-25(11-69)98-50(91)40(88)39(43)87)101-26(12-70)44(49)103-51-32(61-16(2)74)45(35(83)22(8-66)99-51)104-52-41(89)38(86)34(82)21(7-65)100-52)109-47(29)36(84)23(9-67)106-58(55(94)95)4-19(77)31(63-28(80)14-72)48(108-58)37(85)24(10-68)105-57(54(92)93)3-18(76)30(62-27(79)13-71)46(107-57)33(81)20(78)6-64/h17-26,29-53,64-72,75-78,81-91H,3-14H2,1-2H3,(H,60,73)(H,61,74)(H,62,79)(H,63,80)(H,92,93)(H,94,95)(H,96,97)/t17-,18-,19-,20+,21+,22+,23+,24+,25+,26+,29+,30+,31+,32+,33+,34-,35-,36+,37+,38-,39-,40+,41+,42+,43+,44-,45+,46+,47+,48+,49+,50+,51-,52-,53-,57+,58+,59-/m0/s1. The zero-order valence-electron chi connectivity index (χ0n) is 57.9. The Morgan fingerprint density at radius 1 is 0.391 bits per heavy atom. The van der Waals surface area contributed by atoms with Crippen molar-refractivity contribution in [3.63, 3.8) is 0 Å². The first-order chi connectivity index (χ1) is 51.7. The first-order valence-electron chi connectivity index (χ1n) is 33.8. The number of aliphatic hydroxyl groups is 24. The number of rotatable bonds is 34. The van der Waals surface area contributed by atoms with Gasteiger partial charge in [-0.15, -0.1) is 0 Å². The van der Waals surface area contributed by atoms with Crippen molar-refractivity contribution in [2.24, 2.45) is 0 Å². The summed E-state index contributed by atoms with van der Waals surface area (Å²) in [5.74, 6) is -23.3. The average Bonchev–Trinajstić information content (AvgIpc) is 0.670. The van der Waals surface area contributed by atoms with Crippen LogP contribution < -0.4 is 21.3 Å². The maximum absolute atomic E-state index is 14.2. The van der Waals surface area contributed by atoms with Crippen LogP contribution in [-0.2, 0) is 95.1 Å². The Balaban J connectivity index is 1.30. The van der Waals surface area contributed by atoms with Crippen LogP contribution in [0.2, 0.25) is 0 Å². The third-order valence-corrected chi connectivity index (χ3v) is 19.3. The summed E-state index contributed by atoms with van der Waals surface area (Å²) in [6.07, 6.45) is -78.5. The van der Waals surface area contributed by atoms with E-state index >= 15 is 0 Å². The van der Waals surface area contributed by atoms with Crippen molar-refractivity contribution in [3.05, 3.63) is 0 Å². The van der Waals surface area contributed by atoms with Crippen molar-refractivity contribution in [1.82, 2.24) is 21.3 Å². The number of carbonyl (C=O) groups is 7. The van der Waals surface area contributed by atoms with E-state index in [-0.39, 0.29) is 0 Å². The molecule has 0 aromatic rings. The maximum atomic E-state index is 14.2. The van der Waals surface area contributed by atoms with Gasteiger partial charge in [-0.05, 0) is 0 Å². The molecule has 38 atom stereocenters. The predicted molar refractivity (Wildman–Crippen MR) is 333 cm³/mol. The van der Waals surface area contributed by atoms with E-state index in [2.05, 4.69) is 10.6 Å². The van der Waals surface area contributed by atoms with Crippen molar-refractivity contribution >= 4 is 41.5 Å². The van der Waals surface area contributed by atoms with Gasteiger partial charge in [0.2, 0.25) is 23.6 Å². The molecule has 4 amide bonds. The summed E-state index contributed by atoms with van der Waals surface area (Å²) in [6.45, 7) is -10.8.